The van der Waals surface area contributed by atoms with Crippen molar-refractivity contribution in [2.75, 3.05) is 0 Å². The summed E-state index contributed by atoms with van der Waals surface area (Å²) in [6.45, 7) is 0. The van der Waals surface area contributed by atoms with Crippen molar-refractivity contribution in [1.82, 2.24) is 0 Å². The summed E-state index contributed by atoms with van der Waals surface area (Å²) in [6, 6.07) is 33.1. The van der Waals surface area contributed by atoms with Crippen LogP contribution in [-0.2, 0) is 5.41 Å². The van der Waals surface area contributed by atoms with Crippen LogP contribution < -0.4 is 0 Å². The molecule has 0 aliphatic carbocycles. The molecule has 0 aliphatic rings. The average molecular weight is 326 g/mol. The van der Waals surface area contributed by atoms with Crippen LogP contribution in [0.15, 0.2) is 91.0 Å². The van der Waals surface area contributed by atoms with Crippen molar-refractivity contribution in [3.8, 4) is 0 Å². The van der Waals surface area contributed by atoms with Crippen LogP contribution in [0.1, 0.15) is 42.4 Å². The van der Waals surface area contributed by atoms with E-state index in [0.29, 0.717) is 0 Å². The Bertz CT molecular complexity index is 638. The molecule has 25 heavy (non-hydrogen) atoms. The van der Waals surface area contributed by atoms with Gasteiger partial charge in [-0.25, -0.2) is 0 Å². The van der Waals surface area contributed by atoms with E-state index in [1.165, 1.54) is 42.3 Å². The molecule has 0 saturated carbocycles. The smallest absolute Gasteiger partial charge is 0.0811 e. The molecule has 0 bridgehead atoms. The first-order valence-corrected chi connectivity index (χ1v) is 9.54. The summed E-state index contributed by atoms with van der Waals surface area (Å²) in [5.41, 5.74) is 4.11. The molecule has 0 aliphatic heterocycles. The zero-order chi connectivity index (χ0) is 17.4. The number of benzene rings is 3. The number of hydrogen-bond donors (Lipinski definition) is 0. The Labute approximate surface area is 153 Å². The second kappa shape index (κ2) is 8.71. The lowest BCUT2D eigenvalue weighted by Gasteiger charge is -2.36. The molecule has 0 atom stereocenters. The Morgan fingerprint density at radius 2 is 0.920 bits per heavy atom. The van der Waals surface area contributed by atoms with Gasteiger partial charge in [-0.1, -0.05) is 117 Å². The minimum Gasteiger partial charge on any atom is -0.0811 e. The van der Waals surface area contributed by atoms with Crippen molar-refractivity contribution >= 4 is 7.85 Å². The molecule has 0 saturated heterocycles. The largest absolute Gasteiger partial charge is 0.101 e. The highest BCUT2D eigenvalue weighted by Crippen LogP contribution is 2.43. The molecule has 3 aromatic rings. The zero-order valence-electron chi connectivity index (χ0n) is 15.2. The molecule has 1 heteroatoms. The Kier molecular flexibility index (Phi) is 6.12. The average Bonchev–Trinajstić information content (AvgIpc) is 2.70. The van der Waals surface area contributed by atoms with Crippen LogP contribution in [-0.4, -0.2) is 7.85 Å². The van der Waals surface area contributed by atoms with Gasteiger partial charge in [0.05, 0.1) is 0 Å². The second-order valence-corrected chi connectivity index (χ2v) is 6.81. The lowest BCUT2D eigenvalue weighted by Crippen LogP contribution is -2.29. The van der Waals surface area contributed by atoms with Gasteiger partial charge in [-0.3, -0.25) is 0 Å². The molecule has 0 spiro atoms. The summed E-state index contributed by atoms with van der Waals surface area (Å²) < 4.78 is 0. The molecule has 3 aromatic carbocycles. The number of unbranched alkanes of at least 4 members (excludes halogenated alkanes) is 2. The van der Waals surface area contributed by atoms with Gasteiger partial charge in [0.1, 0.15) is 7.85 Å². The van der Waals surface area contributed by atoms with E-state index >= 15 is 0 Å². The van der Waals surface area contributed by atoms with E-state index in [-0.39, 0.29) is 5.41 Å². The lowest BCUT2D eigenvalue weighted by atomic mass is 9.66. The Hall–Kier alpha value is -2.28. The van der Waals surface area contributed by atoms with Crippen LogP contribution >= 0.6 is 0 Å². The Morgan fingerprint density at radius 3 is 1.28 bits per heavy atom. The van der Waals surface area contributed by atoms with E-state index in [4.69, 9.17) is 0 Å². The van der Waals surface area contributed by atoms with E-state index in [2.05, 4.69) is 98.8 Å². The van der Waals surface area contributed by atoms with Gasteiger partial charge in [0.15, 0.2) is 0 Å². The van der Waals surface area contributed by atoms with Crippen LogP contribution in [0.2, 0.25) is 6.32 Å². The van der Waals surface area contributed by atoms with Crippen LogP contribution in [0.3, 0.4) is 0 Å². The maximum Gasteiger partial charge on any atom is 0.101 e. The minimum absolute atomic E-state index is 0.0719. The van der Waals surface area contributed by atoms with Gasteiger partial charge in [0.25, 0.3) is 0 Å². The van der Waals surface area contributed by atoms with Crippen molar-refractivity contribution in [3.63, 3.8) is 0 Å². The summed E-state index contributed by atoms with van der Waals surface area (Å²) in [7, 11) is 2.28. The highest BCUT2D eigenvalue weighted by molar-refractivity contribution is 6.08. The molecular weight excluding hydrogens is 299 g/mol. The minimum atomic E-state index is -0.0719. The lowest BCUT2D eigenvalue weighted by molar-refractivity contribution is 0.515. The molecule has 126 valence electrons. The fourth-order valence-corrected chi connectivity index (χ4v) is 3.92. The summed E-state index contributed by atoms with van der Waals surface area (Å²) in [4.78, 5) is 0. The maximum absolute atomic E-state index is 2.29. The van der Waals surface area contributed by atoms with Crippen molar-refractivity contribution in [2.45, 2.75) is 37.4 Å². The van der Waals surface area contributed by atoms with Crippen molar-refractivity contribution in [2.24, 2.45) is 0 Å². The highest BCUT2D eigenvalue weighted by Gasteiger charge is 2.35. The molecular formula is C24H27B. The Balaban J connectivity index is 2.13. The molecule has 0 amide bonds. The highest BCUT2D eigenvalue weighted by atomic mass is 14.4. The SMILES string of the molecule is BCCCCCC(c1ccccc1)(c1ccccc1)c1ccccc1. The second-order valence-electron chi connectivity index (χ2n) is 6.81. The first-order chi connectivity index (χ1) is 12.4. The third-order valence-corrected chi connectivity index (χ3v) is 5.21. The maximum atomic E-state index is 2.29. The van der Waals surface area contributed by atoms with E-state index < -0.39 is 0 Å². The van der Waals surface area contributed by atoms with Gasteiger partial charge >= 0.3 is 0 Å². The van der Waals surface area contributed by atoms with Crippen molar-refractivity contribution < 1.29 is 0 Å². The molecule has 0 radical (unpaired) electrons. The summed E-state index contributed by atoms with van der Waals surface area (Å²) >= 11 is 0. The molecule has 3 rings (SSSR count). The molecule has 0 nitrogen and oxygen atoms in total. The van der Waals surface area contributed by atoms with Crippen LogP contribution in [0.5, 0.6) is 0 Å². The van der Waals surface area contributed by atoms with Gasteiger partial charge in [0.2, 0.25) is 0 Å². The van der Waals surface area contributed by atoms with Gasteiger partial charge in [-0.05, 0) is 23.1 Å². The molecule has 0 aromatic heterocycles. The quantitative estimate of drug-likeness (QED) is 0.286. The fraction of sp³-hybridized carbons (Fsp3) is 0.250. The van der Waals surface area contributed by atoms with Crippen LogP contribution in [0.4, 0.5) is 0 Å². The summed E-state index contributed by atoms with van der Waals surface area (Å²) in [5, 5.41) is 0. The summed E-state index contributed by atoms with van der Waals surface area (Å²) in [5.74, 6) is 0. The van der Waals surface area contributed by atoms with E-state index in [0.717, 1.165) is 6.42 Å². The van der Waals surface area contributed by atoms with Crippen molar-refractivity contribution in [3.05, 3.63) is 108 Å². The first kappa shape index (κ1) is 17.5. The van der Waals surface area contributed by atoms with Crippen LogP contribution in [0.25, 0.3) is 0 Å². The topological polar surface area (TPSA) is 0 Å². The number of hydrogen-bond acceptors (Lipinski definition) is 0. The number of rotatable bonds is 8. The monoisotopic (exact) mass is 326 g/mol. The normalized spacial score (nSPS) is 11.4. The fourth-order valence-electron chi connectivity index (χ4n) is 3.92. The zero-order valence-corrected chi connectivity index (χ0v) is 15.2. The Morgan fingerprint density at radius 1 is 0.520 bits per heavy atom. The van der Waals surface area contributed by atoms with Crippen LogP contribution in [0, 0.1) is 0 Å². The van der Waals surface area contributed by atoms with E-state index in [1.54, 1.807) is 0 Å². The molecule has 0 N–H and O–H groups in total. The van der Waals surface area contributed by atoms with Gasteiger partial charge in [-0.15, -0.1) is 0 Å². The van der Waals surface area contributed by atoms with Gasteiger partial charge in [-0.2, -0.15) is 0 Å². The van der Waals surface area contributed by atoms with Gasteiger partial charge < -0.3 is 0 Å². The third kappa shape index (κ3) is 3.87. The standard InChI is InChI=1S/C24H27B/c25-20-12-4-11-19-24(21-13-5-1-6-14-21,22-15-7-2-8-16-22)23-17-9-3-10-18-23/h1-3,5-10,13-18H,4,11-12,19-20,25H2. The predicted octanol–water partition coefficient (Wildman–Crippen LogP) is 5.63. The van der Waals surface area contributed by atoms with Gasteiger partial charge in [0, 0.05) is 5.41 Å². The molecule has 0 unspecified atom stereocenters. The predicted molar refractivity (Wildman–Crippen MR) is 111 cm³/mol. The third-order valence-electron chi connectivity index (χ3n) is 5.21. The van der Waals surface area contributed by atoms with E-state index in [9.17, 15) is 0 Å². The summed E-state index contributed by atoms with van der Waals surface area (Å²) in [6.07, 6.45) is 6.27. The van der Waals surface area contributed by atoms with E-state index in [1.807, 2.05) is 0 Å². The first-order valence-electron chi connectivity index (χ1n) is 9.54. The molecule has 0 heterocycles. The molecule has 0 fully saturated rings. The van der Waals surface area contributed by atoms with Crippen molar-refractivity contribution in [1.29, 1.82) is 0 Å².